The van der Waals surface area contributed by atoms with Crippen LogP contribution >= 0.6 is 15.9 Å². The van der Waals surface area contributed by atoms with Gasteiger partial charge in [-0.1, -0.05) is 28.1 Å². The van der Waals surface area contributed by atoms with E-state index in [1.165, 1.54) is 12.1 Å². The highest BCUT2D eigenvalue weighted by atomic mass is 79.9. The van der Waals surface area contributed by atoms with Crippen molar-refractivity contribution in [2.24, 2.45) is 0 Å². The molecule has 0 aliphatic carbocycles. The van der Waals surface area contributed by atoms with Crippen LogP contribution < -0.4 is 5.32 Å². The third kappa shape index (κ3) is 3.65. The molecule has 1 amide bonds. The van der Waals surface area contributed by atoms with Gasteiger partial charge in [0, 0.05) is 4.47 Å². The highest BCUT2D eigenvalue weighted by molar-refractivity contribution is 9.10. The van der Waals surface area contributed by atoms with E-state index in [0.29, 0.717) is 5.69 Å². The predicted octanol–water partition coefficient (Wildman–Crippen LogP) is 3.64. The lowest BCUT2D eigenvalue weighted by Crippen LogP contribution is -2.15. The van der Waals surface area contributed by atoms with Crippen molar-refractivity contribution in [1.82, 2.24) is 0 Å². The van der Waals surface area contributed by atoms with Crippen molar-refractivity contribution in [3.8, 4) is 6.07 Å². The predicted molar refractivity (Wildman–Crippen MR) is 77.6 cm³/mol. The summed E-state index contributed by atoms with van der Waals surface area (Å²) < 4.78 is 13.9. The van der Waals surface area contributed by atoms with Crippen LogP contribution in [0.1, 0.15) is 11.1 Å². The van der Waals surface area contributed by atoms with Crippen LogP contribution in [0, 0.1) is 17.1 Å². The van der Waals surface area contributed by atoms with Crippen molar-refractivity contribution in [2.45, 2.75) is 6.42 Å². The molecule has 0 heterocycles. The van der Waals surface area contributed by atoms with Gasteiger partial charge in [-0.15, -0.1) is 0 Å². The normalized spacial score (nSPS) is 9.85. The lowest BCUT2D eigenvalue weighted by atomic mass is 10.1. The Morgan fingerprint density at radius 1 is 1.30 bits per heavy atom. The number of nitrogens with zero attached hydrogens (tertiary/aromatic N) is 1. The molecule has 0 aromatic heterocycles. The average molecular weight is 333 g/mol. The van der Waals surface area contributed by atoms with Gasteiger partial charge >= 0.3 is 0 Å². The van der Waals surface area contributed by atoms with Crippen LogP contribution in [-0.4, -0.2) is 5.91 Å². The quantitative estimate of drug-likeness (QED) is 0.932. The number of anilines is 1. The minimum Gasteiger partial charge on any atom is -0.325 e. The van der Waals surface area contributed by atoms with Gasteiger partial charge in [0.05, 0.1) is 17.7 Å². The minimum absolute atomic E-state index is 0.104. The molecule has 0 saturated carbocycles. The lowest BCUT2D eigenvalue weighted by Gasteiger charge is -2.07. The zero-order chi connectivity index (χ0) is 14.5. The second-order valence-electron chi connectivity index (χ2n) is 4.16. The standard InChI is InChI=1S/C15H10BrFN2O/c16-12-3-1-2-10(6-12)7-15(20)19-14-5-4-13(17)8-11(14)9-18/h1-6,8H,7H2,(H,19,20). The molecule has 0 radical (unpaired) electrons. The zero-order valence-electron chi connectivity index (χ0n) is 10.4. The summed E-state index contributed by atoms with van der Waals surface area (Å²) in [5.74, 6) is -0.766. The highest BCUT2D eigenvalue weighted by Crippen LogP contribution is 2.17. The summed E-state index contributed by atoms with van der Waals surface area (Å²) in [5.41, 5.74) is 1.26. The molecule has 20 heavy (non-hydrogen) atoms. The number of carbonyl (C=O) groups excluding carboxylic acids is 1. The molecule has 0 bridgehead atoms. The van der Waals surface area contributed by atoms with Gasteiger partial charge in [-0.05, 0) is 35.9 Å². The molecule has 2 rings (SSSR count). The summed E-state index contributed by atoms with van der Waals surface area (Å²) in [7, 11) is 0. The Morgan fingerprint density at radius 3 is 2.80 bits per heavy atom. The number of nitriles is 1. The van der Waals surface area contributed by atoms with Crippen molar-refractivity contribution in [2.75, 3.05) is 5.32 Å². The Labute approximate surface area is 124 Å². The maximum Gasteiger partial charge on any atom is 0.228 e. The number of amides is 1. The Hall–Kier alpha value is -2.19. The van der Waals surface area contributed by atoms with E-state index in [1.54, 1.807) is 0 Å². The first-order valence-electron chi connectivity index (χ1n) is 5.82. The molecule has 2 aromatic carbocycles. The summed E-state index contributed by atoms with van der Waals surface area (Å²) in [6.07, 6.45) is 0.182. The van der Waals surface area contributed by atoms with Crippen LogP contribution in [0.5, 0.6) is 0 Å². The van der Waals surface area contributed by atoms with Crippen molar-refractivity contribution in [3.63, 3.8) is 0 Å². The largest absolute Gasteiger partial charge is 0.325 e. The van der Waals surface area contributed by atoms with Crippen LogP contribution in [0.4, 0.5) is 10.1 Å². The van der Waals surface area contributed by atoms with Gasteiger partial charge in [0.15, 0.2) is 0 Å². The molecule has 0 saturated heterocycles. The van der Waals surface area contributed by atoms with Crippen LogP contribution in [0.2, 0.25) is 0 Å². The van der Waals surface area contributed by atoms with Gasteiger partial charge in [-0.3, -0.25) is 4.79 Å². The molecule has 0 unspecified atom stereocenters. The van der Waals surface area contributed by atoms with Gasteiger partial charge in [-0.2, -0.15) is 5.26 Å². The number of benzene rings is 2. The zero-order valence-corrected chi connectivity index (χ0v) is 11.9. The van der Waals surface area contributed by atoms with Crippen molar-refractivity contribution >= 4 is 27.5 Å². The smallest absolute Gasteiger partial charge is 0.228 e. The first-order chi connectivity index (χ1) is 9.58. The molecular weight excluding hydrogens is 323 g/mol. The monoisotopic (exact) mass is 332 g/mol. The van der Waals surface area contributed by atoms with Gasteiger partial charge in [-0.25, -0.2) is 4.39 Å². The maximum absolute atomic E-state index is 13.0. The number of carbonyl (C=O) groups is 1. The SMILES string of the molecule is N#Cc1cc(F)ccc1NC(=O)Cc1cccc(Br)c1. The molecule has 2 aromatic rings. The fourth-order valence-corrected chi connectivity index (χ4v) is 2.19. The molecule has 0 atom stereocenters. The van der Waals surface area contributed by atoms with E-state index in [4.69, 9.17) is 5.26 Å². The topological polar surface area (TPSA) is 52.9 Å². The van der Waals surface area contributed by atoms with E-state index < -0.39 is 5.82 Å². The van der Waals surface area contributed by atoms with E-state index in [2.05, 4.69) is 21.2 Å². The third-order valence-corrected chi connectivity index (χ3v) is 3.12. The Morgan fingerprint density at radius 2 is 2.10 bits per heavy atom. The molecule has 1 N–H and O–H groups in total. The lowest BCUT2D eigenvalue weighted by molar-refractivity contribution is -0.115. The van der Waals surface area contributed by atoms with Crippen LogP contribution in [0.3, 0.4) is 0 Å². The summed E-state index contributed by atoms with van der Waals surface area (Å²) in [5, 5.41) is 11.5. The first-order valence-corrected chi connectivity index (χ1v) is 6.62. The second-order valence-corrected chi connectivity index (χ2v) is 5.07. The van der Waals surface area contributed by atoms with Crippen molar-refractivity contribution in [1.29, 1.82) is 5.26 Å². The third-order valence-electron chi connectivity index (χ3n) is 2.63. The Bertz CT molecular complexity index is 695. The fraction of sp³-hybridized carbons (Fsp3) is 0.0667. The fourth-order valence-electron chi connectivity index (χ4n) is 1.74. The van der Waals surface area contributed by atoms with Gasteiger partial charge in [0.2, 0.25) is 5.91 Å². The van der Waals surface area contributed by atoms with E-state index in [0.717, 1.165) is 16.1 Å². The van der Waals surface area contributed by atoms with Crippen molar-refractivity contribution < 1.29 is 9.18 Å². The molecule has 0 aliphatic rings. The number of nitrogens with one attached hydrogen (secondary N) is 1. The van der Waals surface area contributed by atoms with Crippen molar-refractivity contribution in [3.05, 3.63) is 63.9 Å². The Kier molecular flexibility index (Phi) is 4.49. The van der Waals surface area contributed by atoms with E-state index in [-0.39, 0.29) is 17.9 Å². The van der Waals surface area contributed by atoms with E-state index in [1.807, 2.05) is 30.3 Å². The summed E-state index contributed by atoms with van der Waals surface area (Å²) >= 11 is 3.33. The average Bonchev–Trinajstić information content (AvgIpc) is 2.40. The van der Waals surface area contributed by atoms with Crippen LogP contribution in [0.15, 0.2) is 46.9 Å². The van der Waals surface area contributed by atoms with Crippen LogP contribution in [-0.2, 0) is 11.2 Å². The Balaban J connectivity index is 2.11. The van der Waals surface area contributed by atoms with Gasteiger partial charge in [0.1, 0.15) is 11.9 Å². The summed E-state index contributed by atoms with van der Waals surface area (Å²) in [4.78, 5) is 11.9. The number of hydrogen-bond acceptors (Lipinski definition) is 2. The molecule has 5 heteroatoms. The summed E-state index contributed by atoms with van der Waals surface area (Å²) in [6.45, 7) is 0. The minimum atomic E-state index is -0.508. The summed E-state index contributed by atoms with van der Waals surface area (Å²) in [6, 6.07) is 12.9. The van der Waals surface area contributed by atoms with Gasteiger partial charge < -0.3 is 5.32 Å². The first kappa shape index (κ1) is 14.2. The molecule has 0 fully saturated rings. The molecule has 100 valence electrons. The van der Waals surface area contributed by atoms with Gasteiger partial charge in [0.25, 0.3) is 0 Å². The number of rotatable bonds is 3. The highest BCUT2D eigenvalue weighted by Gasteiger charge is 2.09. The number of hydrogen-bond donors (Lipinski definition) is 1. The van der Waals surface area contributed by atoms with E-state index in [9.17, 15) is 9.18 Å². The molecule has 3 nitrogen and oxygen atoms in total. The van der Waals surface area contributed by atoms with Crippen LogP contribution in [0.25, 0.3) is 0 Å². The van der Waals surface area contributed by atoms with E-state index >= 15 is 0 Å². The maximum atomic E-state index is 13.0. The second kappa shape index (κ2) is 6.31. The number of halogens is 2. The molecule has 0 aliphatic heterocycles. The molecular formula is C15H10BrFN2O. The molecule has 0 spiro atoms.